The molecule has 1 aromatic rings. The molecule has 0 heterocycles. The van der Waals surface area contributed by atoms with Gasteiger partial charge in [-0.05, 0) is 43.7 Å². The first-order valence-corrected chi connectivity index (χ1v) is 5.49. The smallest absolute Gasteiger partial charge is 0.176 e. The van der Waals surface area contributed by atoms with Gasteiger partial charge in [0.25, 0.3) is 0 Å². The quantitative estimate of drug-likeness (QED) is 0.774. The predicted octanol–water partition coefficient (Wildman–Crippen LogP) is 2.10. The van der Waals surface area contributed by atoms with Gasteiger partial charge in [0.15, 0.2) is 5.78 Å². The third kappa shape index (κ3) is 2.61. The Kier molecular flexibility index (Phi) is 4.50. The Bertz CT molecular complexity index is 386. The average Bonchev–Trinajstić information content (AvgIpc) is 2.29. The number of methoxy groups -OCH3 is 1. The molecular formula is C13H19NO2. The molecule has 3 heteroatoms. The van der Waals surface area contributed by atoms with Crippen molar-refractivity contribution in [3.8, 4) is 5.75 Å². The van der Waals surface area contributed by atoms with Crippen LogP contribution >= 0.6 is 0 Å². The number of ether oxygens (including phenoxy) is 1. The first-order valence-electron chi connectivity index (χ1n) is 5.49. The van der Waals surface area contributed by atoms with Crippen LogP contribution in [0.4, 0.5) is 0 Å². The van der Waals surface area contributed by atoms with Gasteiger partial charge in [0.05, 0.1) is 13.7 Å². The zero-order valence-corrected chi connectivity index (χ0v) is 10.4. The highest BCUT2D eigenvalue weighted by molar-refractivity contribution is 5.99. The van der Waals surface area contributed by atoms with Crippen LogP contribution in [0, 0.1) is 13.8 Å². The lowest BCUT2D eigenvalue weighted by Crippen LogP contribution is -2.23. The fourth-order valence-corrected chi connectivity index (χ4v) is 1.65. The number of carbonyl (C=O) groups is 1. The molecule has 0 amide bonds. The van der Waals surface area contributed by atoms with E-state index in [2.05, 4.69) is 5.32 Å². The van der Waals surface area contributed by atoms with Gasteiger partial charge in [-0.25, -0.2) is 0 Å². The molecule has 1 N–H and O–H groups in total. The molecule has 0 aliphatic carbocycles. The lowest BCUT2D eigenvalue weighted by Gasteiger charge is -2.11. The van der Waals surface area contributed by atoms with E-state index in [1.807, 2.05) is 32.9 Å². The standard InChI is InChI=1S/C13H19NO2/c1-5-14-8-12(15)11-6-7-13(16-4)10(3)9(11)2/h6-7,14H,5,8H2,1-4H3. The van der Waals surface area contributed by atoms with Crippen LogP contribution < -0.4 is 10.1 Å². The van der Waals surface area contributed by atoms with Crippen molar-refractivity contribution in [2.75, 3.05) is 20.2 Å². The van der Waals surface area contributed by atoms with E-state index < -0.39 is 0 Å². The Hall–Kier alpha value is -1.35. The maximum absolute atomic E-state index is 11.9. The van der Waals surface area contributed by atoms with E-state index in [0.717, 1.165) is 29.0 Å². The SMILES string of the molecule is CCNCC(=O)c1ccc(OC)c(C)c1C. The molecule has 1 aromatic carbocycles. The lowest BCUT2D eigenvalue weighted by molar-refractivity contribution is 0.0991. The highest BCUT2D eigenvalue weighted by Gasteiger charge is 2.12. The summed E-state index contributed by atoms with van der Waals surface area (Å²) in [7, 11) is 1.64. The summed E-state index contributed by atoms with van der Waals surface area (Å²) in [6.45, 7) is 7.11. The first kappa shape index (κ1) is 12.7. The summed E-state index contributed by atoms with van der Waals surface area (Å²) in [6.07, 6.45) is 0. The van der Waals surface area contributed by atoms with Crippen LogP contribution in [0.2, 0.25) is 0 Å². The summed E-state index contributed by atoms with van der Waals surface area (Å²) in [4.78, 5) is 11.9. The molecule has 0 aliphatic heterocycles. The zero-order chi connectivity index (χ0) is 12.1. The molecule has 0 aliphatic rings. The largest absolute Gasteiger partial charge is 0.496 e. The van der Waals surface area contributed by atoms with Crippen LogP contribution in [0.25, 0.3) is 0 Å². The van der Waals surface area contributed by atoms with E-state index in [0.29, 0.717) is 6.54 Å². The molecule has 0 radical (unpaired) electrons. The number of ketones is 1. The highest BCUT2D eigenvalue weighted by Crippen LogP contribution is 2.23. The second-order valence-corrected chi connectivity index (χ2v) is 3.77. The van der Waals surface area contributed by atoms with Gasteiger partial charge in [0.2, 0.25) is 0 Å². The van der Waals surface area contributed by atoms with E-state index in [4.69, 9.17) is 4.74 Å². The minimum absolute atomic E-state index is 0.130. The van der Waals surface area contributed by atoms with Gasteiger partial charge in [-0.1, -0.05) is 6.92 Å². The Balaban J connectivity index is 2.98. The van der Waals surface area contributed by atoms with Gasteiger partial charge >= 0.3 is 0 Å². The van der Waals surface area contributed by atoms with Crippen LogP contribution in [0.5, 0.6) is 5.75 Å². The Morgan fingerprint density at radius 2 is 2.00 bits per heavy atom. The summed E-state index contributed by atoms with van der Waals surface area (Å²) < 4.78 is 5.21. The normalized spacial score (nSPS) is 10.2. The number of nitrogens with one attached hydrogen (secondary N) is 1. The van der Waals surface area contributed by atoms with E-state index in [1.54, 1.807) is 7.11 Å². The van der Waals surface area contributed by atoms with E-state index in [-0.39, 0.29) is 5.78 Å². The second-order valence-electron chi connectivity index (χ2n) is 3.77. The molecule has 0 spiro atoms. The number of likely N-dealkylation sites (N-methyl/N-ethyl adjacent to an activating group) is 1. The van der Waals surface area contributed by atoms with Gasteiger partial charge in [-0.15, -0.1) is 0 Å². The van der Waals surface area contributed by atoms with Crippen LogP contribution in [0.3, 0.4) is 0 Å². The summed E-state index contributed by atoms with van der Waals surface area (Å²) in [6, 6.07) is 3.68. The maximum atomic E-state index is 11.9. The number of hydrogen-bond acceptors (Lipinski definition) is 3. The molecular weight excluding hydrogens is 202 g/mol. The Morgan fingerprint density at radius 1 is 1.31 bits per heavy atom. The monoisotopic (exact) mass is 221 g/mol. The predicted molar refractivity (Wildman–Crippen MR) is 65.3 cm³/mol. The van der Waals surface area contributed by atoms with Crippen molar-refractivity contribution in [3.05, 3.63) is 28.8 Å². The molecule has 16 heavy (non-hydrogen) atoms. The molecule has 3 nitrogen and oxygen atoms in total. The number of carbonyl (C=O) groups excluding carboxylic acids is 1. The van der Waals surface area contributed by atoms with Gasteiger partial charge < -0.3 is 10.1 Å². The molecule has 0 unspecified atom stereocenters. The number of hydrogen-bond donors (Lipinski definition) is 1. The maximum Gasteiger partial charge on any atom is 0.176 e. The highest BCUT2D eigenvalue weighted by atomic mass is 16.5. The van der Waals surface area contributed by atoms with Crippen molar-refractivity contribution in [1.82, 2.24) is 5.32 Å². The fourth-order valence-electron chi connectivity index (χ4n) is 1.65. The summed E-state index contributed by atoms with van der Waals surface area (Å²) in [5.41, 5.74) is 2.81. The third-order valence-electron chi connectivity index (χ3n) is 2.79. The van der Waals surface area contributed by atoms with Gasteiger partial charge in [0.1, 0.15) is 5.75 Å². The average molecular weight is 221 g/mol. The van der Waals surface area contributed by atoms with Crippen LogP contribution in [-0.4, -0.2) is 26.0 Å². The van der Waals surface area contributed by atoms with Crippen molar-refractivity contribution >= 4 is 5.78 Å². The van der Waals surface area contributed by atoms with Crippen molar-refractivity contribution in [1.29, 1.82) is 0 Å². The van der Waals surface area contributed by atoms with Gasteiger partial charge in [-0.3, -0.25) is 4.79 Å². The molecule has 0 fully saturated rings. The Labute approximate surface area is 96.8 Å². The van der Waals surface area contributed by atoms with E-state index >= 15 is 0 Å². The third-order valence-corrected chi connectivity index (χ3v) is 2.79. The van der Waals surface area contributed by atoms with Gasteiger partial charge in [-0.2, -0.15) is 0 Å². The second kappa shape index (κ2) is 5.66. The van der Waals surface area contributed by atoms with Crippen LogP contribution in [0.15, 0.2) is 12.1 Å². The van der Waals surface area contributed by atoms with Crippen molar-refractivity contribution in [3.63, 3.8) is 0 Å². The van der Waals surface area contributed by atoms with Crippen molar-refractivity contribution < 1.29 is 9.53 Å². The Morgan fingerprint density at radius 3 is 2.56 bits per heavy atom. The lowest BCUT2D eigenvalue weighted by atomic mass is 9.99. The van der Waals surface area contributed by atoms with Crippen LogP contribution in [-0.2, 0) is 0 Å². The number of Topliss-reactive ketones (excluding diaryl/α,β-unsaturated/α-hetero) is 1. The van der Waals surface area contributed by atoms with E-state index in [9.17, 15) is 4.79 Å². The van der Waals surface area contributed by atoms with E-state index in [1.165, 1.54) is 0 Å². The number of rotatable bonds is 5. The minimum Gasteiger partial charge on any atom is -0.496 e. The molecule has 0 bridgehead atoms. The van der Waals surface area contributed by atoms with Crippen molar-refractivity contribution in [2.24, 2.45) is 0 Å². The first-order chi connectivity index (χ1) is 7.61. The molecule has 0 saturated heterocycles. The minimum atomic E-state index is 0.130. The molecule has 0 aromatic heterocycles. The molecule has 0 atom stereocenters. The number of benzene rings is 1. The zero-order valence-electron chi connectivity index (χ0n) is 10.4. The van der Waals surface area contributed by atoms with Crippen molar-refractivity contribution in [2.45, 2.75) is 20.8 Å². The summed E-state index contributed by atoms with van der Waals surface area (Å²) >= 11 is 0. The molecule has 0 saturated carbocycles. The summed E-state index contributed by atoms with van der Waals surface area (Å²) in [5, 5.41) is 3.04. The van der Waals surface area contributed by atoms with Gasteiger partial charge in [0, 0.05) is 5.56 Å². The fraction of sp³-hybridized carbons (Fsp3) is 0.462. The topological polar surface area (TPSA) is 38.3 Å². The van der Waals surface area contributed by atoms with Crippen LogP contribution in [0.1, 0.15) is 28.4 Å². The summed E-state index contributed by atoms with van der Waals surface area (Å²) in [5.74, 6) is 0.961. The molecule has 88 valence electrons. The molecule has 1 rings (SSSR count).